The van der Waals surface area contributed by atoms with Gasteiger partial charge in [-0.25, -0.2) is 0 Å². The Kier molecular flexibility index (Phi) is 13.6. The normalized spacial score (nSPS) is 12.8. The molecule has 0 spiro atoms. The van der Waals surface area contributed by atoms with Crippen LogP contribution in [0.2, 0.25) is 12.1 Å². The van der Waals surface area contributed by atoms with Crippen molar-refractivity contribution in [3.8, 4) is 0 Å². The van der Waals surface area contributed by atoms with Gasteiger partial charge in [0.15, 0.2) is 0 Å². The van der Waals surface area contributed by atoms with Gasteiger partial charge in [0.2, 0.25) is 0 Å². The van der Waals surface area contributed by atoms with Gasteiger partial charge in [0.05, 0.1) is 0 Å². The largest absolute Gasteiger partial charge is 0.500 e. The van der Waals surface area contributed by atoms with Gasteiger partial charge in [-0.3, -0.25) is 0 Å². The van der Waals surface area contributed by atoms with Gasteiger partial charge in [0.1, 0.15) is 0 Å². The Morgan fingerprint density at radius 3 is 0.826 bits per heavy atom. The highest BCUT2D eigenvalue weighted by atomic mass is 28.4. The zero-order valence-corrected chi connectivity index (χ0v) is 17.8. The van der Waals surface area contributed by atoms with Crippen LogP contribution >= 0.6 is 0 Å². The van der Waals surface area contributed by atoms with Gasteiger partial charge in [-0.05, 0) is 48.0 Å². The summed E-state index contributed by atoms with van der Waals surface area (Å²) < 4.78 is 35.4. The first-order chi connectivity index (χ1) is 11.1. The van der Waals surface area contributed by atoms with Crippen molar-refractivity contribution in [1.82, 2.24) is 0 Å². The van der Waals surface area contributed by atoms with E-state index >= 15 is 0 Å². The molecule has 0 N–H and O–H groups in total. The molecule has 0 fully saturated rings. The van der Waals surface area contributed by atoms with Crippen LogP contribution in [0.25, 0.3) is 0 Å². The summed E-state index contributed by atoms with van der Waals surface area (Å²) in [5.74, 6) is 0. The van der Waals surface area contributed by atoms with Crippen LogP contribution in [0, 0.1) is 0 Å². The lowest BCUT2D eigenvalue weighted by atomic mass is 10.6. The van der Waals surface area contributed by atoms with Crippen LogP contribution in [0.3, 0.4) is 0 Å². The minimum atomic E-state index is -2.61. The molecule has 0 radical (unpaired) electrons. The van der Waals surface area contributed by atoms with E-state index in [1.807, 2.05) is 41.5 Å². The minimum absolute atomic E-state index is 0.594. The second kappa shape index (κ2) is 13.5. The maximum Gasteiger partial charge on any atom is 0.500 e. The number of hydrogen-bond donors (Lipinski definition) is 0. The fourth-order valence-electron chi connectivity index (χ4n) is 2.52. The Balaban J connectivity index is 4.82. The number of rotatable bonds is 16. The van der Waals surface area contributed by atoms with Crippen LogP contribution in [0.1, 0.15) is 48.0 Å². The van der Waals surface area contributed by atoms with Crippen LogP contribution in [0.4, 0.5) is 0 Å². The van der Waals surface area contributed by atoms with Crippen molar-refractivity contribution in [2.24, 2.45) is 0 Å². The lowest BCUT2D eigenvalue weighted by molar-refractivity contribution is 0.0651. The zero-order chi connectivity index (χ0) is 17.6. The molecule has 0 aromatic rings. The van der Waals surface area contributed by atoms with Gasteiger partial charge in [-0.1, -0.05) is 0 Å². The van der Waals surface area contributed by atoms with E-state index in [1.165, 1.54) is 0 Å². The second-order valence-electron chi connectivity index (χ2n) is 4.82. The van der Waals surface area contributed by atoms with Gasteiger partial charge in [0.25, 0.3) is 0 Å². The van der Waals surface area contributed by atoms with Crippen molar-refractivity contribution in [3.63, 3.8) is 0 Å². The lowest BCUT2D eigenvalue weighted by Crippen LogP contribution is -2.48. The van der Waals surface area contributed by atoms with Crippen molar-refractivity contribution in [2.45, 2.75) is 60.1 Å². The molecule has 0 bridgehead atoms. The van der Waals surface area contributed by atoms with Gasteiger partial charge < -0.3 is 26.6 Å². The summed E-state index contributed by atoms with van der Waals surface area (Å²) in [6, 6.07) is 1.51. The maximum atomic E-state index is 5.89. The Morgan fingerprint density at radius 1 is 0.435 bits per heavy atom. The predicted octanol–water partition coefficient (Wildman–Crippen LogP) is 3.47. The SMILES string of the molecule is CCO[Si](CCC[Si](OCC)(OCC)OCC)(OCC)OCC. The van der Waals surface area contributed by atoms with Crippen LogP contribution in [-0.2, 0) is 26.6 Å². The van der Waals surface area contributed by atoms with Crippen molar-refractivity contribution in [1.29, 1.82) is 0 Å². The van der Waals surface area contributed by atoms with Crippen LogP contribution < -0.4 is 0 Å². The van der Waals surface area contributed by atoms with E-state index in [9.17, 15) is 0 Å². The van der Waals surface area contributed by atoms with Crippen molar-refractivity contribution in [3.05, 3.63) is 0 Å². The maximum absolute atomic E-state index is 5.89. The molecule has 0 aromatic carbocycles. The van der Waals surface area contributed by atoms with E-state index in [4.69, 9.17) is 26.6 Å². The molecule has 0 heterocycles. The summed E-state index contributed by atoms with van der Waals surface area (Å²) in [6.07, 6.45) is 0.846. The predicted molar refractivity (Wildman–Crippen MR) is 95.5 cm³/mol. The molecule has 0 rings (SSSR count). The highest BCUT2D eigenvalue weighted by Crippen LogP contribution is 2.25. The third-order valence-electron chi connectivity index (χ3n) is 3.15. The molecule has 0 aliphatic rings. The number of hydrogen-bond acceptors (Lipinski definition) is 6. The quantitative estimate of drug-likeness (QED) is 0.389. The third kappa shape index (κ3) is 8.73. The Labute approximate surface area is 144 Å². The minimum Gasteiger partial charge on any atom is -0.374 e. The fraction of sp³-hybridized carbons (Fsp3) is 1.00. The first-order valence-corrected chi connectivity index (χ1v) is 12.8. The van der Waals surface area contributed by atoms with E-state index in [-0.39, 0.29) is 0 Å². The summed E-state index contributed by atoms with van der Waals surface area (Å²) in [7, 11) is -5.22. The van der Waals surface area contributed by atoms with Crippen LogP contribution in [-0.4, -0.2) is 57.3 Å². The monoisotopic (exact) mass is 368 g/mol. The molecular formula is C15H36O6Si2. The van der Waals surface area contributed by atoms with Crippen molar-refractivity contribution >= 4 is 17.6 Å². The molecule has 0 saturated heterocycles. The third-order valence-corrected chi connectivity index (χ3v) is 9.45. The van der Waals surface area contributed by atoms with Gasteiger partial charge >= 0.3 is 17.6 Å². The molecular weight excluding hydrogens is 332 g/mol. The van der Waals surface area contributed by atoms with E-state index in [0.29, 0.717) is 39.6 Å². The highest BCUT2D eigenvalue weighted by molar-refractivity contribution is 6.62. The molecule has 0 atom stereocenters. The summed E-state index contributed by atoms with van der Waals surface area (Å²) in [5, 5.41) is 0. The van der Waals surface area contributed by atoms with Crippen LogP contribution in [0.5, 0.6) is 0 Å². The molecule has 0 saturated carbocycles. The van der Waals surface area contributed by atoms with Crippen molar-refractivity contribution < 1.29 is 26.6 Å². The van der Waals surface area contributed by atoms with Crippen LogP contribution in [0.15, 0.2) is 0 Å². The summed E-state index contributed by atoms with van der Waals surface area (Å²) in [4.78, 5) is 0. The second-order valence-corrected chi connectivity index (χ2v) is 10.3. The zero-order valence-electron chi connectivity index (χ0n) is 15.8. The Hall–Kier alpha value is 0.194. The average Bonchev–Trinajstić information content (AvgIpc) is 2.49. The smallest absolute Gasteiger partial charge is 0.374 e. The fourth-order valence-corrected chi connectivity index (χ4v) is 8.10. The van der Waals surface area contributed by atoms with Crippen molar-refractivity contribution in [2.75, 3.05) is 39.6 Å². The average molecular weight is 369 g/mol. The highest BCUT2D eigenvalue weighted by Gasteiger charge is 2.44. The molecule has 0 amide bonds. The molecule has 0 unspecified atom stereocenters. The van der Waals surface area contributed by atoms with Gasteiger partial charge in [-0.15, -0.1) is 0 Å². The first-order valence-electron chi connectivity index (χ1n) is 8.91. The topological polar surface area (TPSA) is 55.4 Å². The molecule has 6 nitrogen and oxygen atoms in total. The Morgan fingerprint density at radius 2 is 0.652 bits per heavy atom. The summed E-state index contributed by atoms with van der Waals surface area (Å²) in [6.45, 7) is 15.4. The van der Waals surface area contributed by atoms with E-state index in [1.54, 1.807) is 0 Å². The molecule has 8 heteroatoms. The Bertz CT molecular complexity index is 221. The summed E-state index contributed by atoms with van der Waals surface area (Å²) in [5.41, 5.74) is 0. The van der Waals surface area contributed by atoms with Gasteiger partial charge in [-0.2, -0.15) is 0 Å². The van der Waals surface area contributed by atoms with Gasteiger partial charge in [0, 0.05) is 51.7 Å². The lowest BCUT2D eigenvalue weighted by Gasteiger charge is -2.31. The summed E-state index contributed by atoms with van der Waals surface area (Å²) >= 11 is 0. The van der Waals surface area contributed by atoms with E-state index in [0.717, 1.165) is 18.5 Å². The molecule has 140 valence electrons. The molecule has 23 heavy (non-hydrogen) atoms. The van der Waals surface area contributed by atoms with E-state index < -0.39 is 17.6 Å². The molecule has 0 aliphatic carbocycles. The standard InChI is InChI=1S/C15H36O6Si2/c1-7-16-22(17-8-2,18-9-3)14-13-15-23(19-10-4,20-11-5)21-12-6/h7-15H2,1-6H3. The first kappa shape index (κ1) is 23.2. The van der Waals surface area contributed by atoms with E-state index in [2.05, 4.69) is 0 Å². The molecule has 0 aliphatic heterocycles. The molecule has 0 aromatic heterocycles.